The maximum atomic E-state index is 13.5. The molecule has 124 valence electrons. The SMILES string of the molecule is O=c1[nH]c(-c2cccc(C(F)(F)C(F)(F)F)c2)nc2ccccc12. The lowest BCUT2D eigenvalue weighted by Crippen LogP contribution is -2.33. The lowest BCUT2D eigenvalue weighted by atomic mass is 10.0. The predicted octanol–water partition coefficient (Wildman–Crippen LogP) is 4.24. The van der Waals surface area contributed by atoms with Crippen LogP contribution in [0.4, 0.5) is 22.0 Å². The van der Waals surface area contributed by atoms with Crippen LogP contribution in [0, 0.1) is 0 Å². The lowest BCUT2D eigenvalue weighted by molar-refractivity contribution is -0.289. The number of benzene rings is 2. The molecule has 24 heavy (non-hydrogen) atoms. The molecule has 3 rings (SSSR count). The van der Waals surface area contributed by atoms with Crippen LogP contribution >= 0.6 is 0 Å². The van der Waals surface area contributed by atoms with Crippen molar-refractivity contribution in [2.24, 2.45) is 0 Å². The zero-order valence-electron chi connectivity index (χ0n) is 11.9. The number of para-hydroxylation sites is 1. The zero-order valence-corrected chi connectivity index (χ0v) is 11.9. The first kappa shape index (κ1) is 16.1. The van der Waals surface area contributed by atoms with Gasteiger partial charge < -0.3 is 4.98 Å². The maximum Gasteiger partial charge on any atom is 0.458 e. The first-order valence-electron chi connectivity index (χ1n) is 6.74. The van der Waals surface area contributed by atoms with Gasteiger partial charge in [-0.1, -0.05) is 30.3 Å². The minimum Gasteiger partial charge on any atom is -0.306 e. The molecule has 0 saturated carbocycles. The molecule has 0 aliphatic rings. The zero-order chi connectivity index (χ0) is 17.5. The van der Waals surface area contributed by atoms with Crippen LogP contribution in [-0.2, 0) is 5.92 Å². The minimum absolute atomic E-state index is 0.0423. The van der Waals surface area contributed by atoms with Crippen molar-refractivity contribution < 1.29 is 22.0 Å². The number of fused-ring (bicyclic) bond motifs is 1. The van der Waals surface area contributed by atoms with E-state index in [9.17, 15) is 26.7 Å². The fourth-order valence-electron chi connectivity index (χ4n) is 2.25. The van der Waals surface area contributed by atoms with E-state index in [0.29, 0.717) is 17.6 Å². The number of hydrogen-bond donors (Lipinski definition) is 1. The number of halogens is 5. The number of aromatic amines is 1. The van der Waals surface area contributed by atoms with E-state index in [1.807, 2.05) is 0 Å². The van der Waals surface area contributed by atoms with Gasteiger partial charge in [-0.15, -0.1) is 0 Å². The third kappa shape index (κ3) is 2.64. The van der Waals surface area contributed by atoms with Gasteiger partial charge in [0.05, 0.1) is 10.9 Å². The topological polar surface area (TPSA) is 45.8 Å². The van der Waals surface area contributed by atoms with Crippen molar-refractivity contribution in [3.8, 4) is 11.4 Å². The second-order valence-electron chi connectivity index (χ2n) is 5.08. The molecule has 0 radical (unpaired) electrons. The Morgan fingerprint density at radius 1 is 0.917 bits per heavy atom. The maximum absolute atomic E-state index is 13.5. The third-order valence-electron chi connectivity index (χ3n) is 3.47. The summed E-state index contributed by atoms with van der Waals surface area (Å²) in [6, 6.07) is 10.0. The molecular weight excluding hydrogens is 331 g/mol. The van der Waals surface area contributed by atoms with E-state index >= 15 is 0 Å². The van der Waals surface area contributed by atoms with Gasteiger partial charge in [-0.3, -0.25) is 4.79 Å². The van der Waals surface area contributed by atoms with Gasteiger partial charge >= 0.3 is 12.1 Å². The minimum atomic E-state index is -5.71. The molecule has 0 aliphatic heterocycles. The Labute approximate surface area is 131 Å². The standard InChI is InChI=1S/C16H9F5N2O/c17-15(18,16(19,20)21)10-5-3-4-9(8-10)13-22-12-7-2-1-6-11(12)14(24)23-13/h1-8H,(H,22,23,24). The molecule has 0 spiro atoms. The van der Waals surface area contributed by atoms with Gasteiger partial charge in [-0.05, 0) is 18.2 Å². The summed E-state index contributed by atoms with van der Waals surface area (Å²) in [5.74, 6) is -5.08. The van der Waals surface area contributed by atoms with Crippen molar-refractivity contribution in [2.45, 2.75) is 12.1 Å². The van der Waals surface area contributed by atoms with Crippen LogP contribution in [-0.4, -0.2) is 16.1 Å². The average molecular weight is 340 g/mol. The second-order valence-corrected chi connectivity index (χ2v) is 5.08. The quantitative estimate of drug-likeness (QED) is 0.709. The molecule has 2 aromatic carbocycles. The highest BCUT2D eigenvalue weighted by Crippen LogP contribution is 2.44. The van der Waals surface area contributed by atoms with Crippen molar-refractivity contribution in [1.82, 2.24) is 9.97 Å². The first-order chi connectivity index (χ1) is 11.2. The molecule has 0 atom stereocenters. The summed E-state index contributed by atoms with van der Waals surface area (Å²) in [4.78, 5) is 18.5. The highest BCUT2D eigenvalue weighted by atomic mass is 19.4. The van der Waals surface area contributed by atoms with Gasteiger partial charge in [0.2, 0.25) is 0 Å². The largest absolute Gasteiger partial charge is 0.458 e. The monoisotopic (exact) mass is 340 g/mol. The van der Waals surface area contributed by atoms with Crippen LogP contribution in [0.1, 0.15) is 5.56 Å². The van der Waals surface area contributed by atoms with E-state index in [0.717, 1.165) is 6.07 Å². The molecule has 3 aromatic rings. The molecule has 3 nitrogen and oxygen atoms in total. The highest BCUT2D eigenvalue weighted by Gasteiger charge is 2.58. The molecule has 0 bridgehead atoms. The highest BCUT2D eigenvalue weighted by molar-refractivity contribution is 5.79. The lowest BCUT2D eigenvalue weighted by Gasteiger charge is -2.20. The smallest absolute Gasteiger partial charge is 0.306 e. The van der Waals surface area contributed by atoms with E-state index in [1.54, 1.807) is 18.2 Å². The molecule has 1 aromatic heterocycles. The molecule has 0 amide bonds. The Bertz CT molecular complexity index is 962. The van der Waals surface area contributed by atoms with Crippen molar-refractivity contribution in [3.63, 3.8) is 0 Å². The number of H-pyrrole nitrogens is 1. The van der Waals surface area contributed by atoms with Crippen molar-refractivity contribution >= 4 is 10.9 Å². The number of nitrogens with zero attached hydrogens (tertiary/aromatic N) is 1. The Morgan fingerprint density at radius 3 is 2.33 bits per heavy atom. The normalized spacial score (nSPS) is 12.5. The van der Waals surface area contributed by atoms with Crippen LogP contribution in [0.3, 0.4) is 0 Å². The Balaban J connectivity index is 2.15. The van der Waals surface area contributed by atoms with Gasteiger partial charge in [0.15, 0.2) is 0 Å². The fourth-order valence-corrected chi connectivity index (χ4v) is 2.25. The molecule has 8 heteroatoms. The Kier molecular flexibility index (Phi) is 3.62. The molecule has 0 aliphatic carbocycles. The Hall–Kier alpha value is -2.77. The Morgan fingerprint density at radius 2 is 1.62 bits per heavy atom. The van der Waals surface area contributed by atoms with Gasteiger partial charge in [0.1, 0.15) is 5.82 Å². The van der Waals surface area contributed by atoms with Crippen molar-refractivity contribution in [2.75, 3.05) is 0 Å². The average Bonchev–Trinajstić information content (AvgIpc) is 2.54. The second kappa shape index (κ2) is 5.40. The van der Waals surface area contributed by atoms with Crippen LogP contribution in [0.15, 0.2) is 53.3 Å². The van der Waals surface area contributed by atoms with Gasteiger partial charge in [0.25, 0.3) is 5.56 Å². The summed E-state index contributed by atoms with van der Waals surface area (Å²) in [6.07, 6.45) is -5.71. The molecule has 1 heterocycles. The molecule has 0 unspecified atom stereocenters. The van der Waals surface area contributed by atoms with Crippen molar-refractivity contribution in [3.05, 3.63) is 64.4 Å². The van der Waals surface area contributed by atoms with Crippen LogP contribution in [0.25, 0.3) is 22.3 Å². The summed E-state index contributed by atoms with van der Waals surface area (Å²) >= 11 is 0. The summed E-state index contributed by atoms with van der Waals surface area (Å²) in [5.41, 5.74) is -1.46. The van der Waals surface area contributed by atoms with Crippen LogP contribution in [0.5, 0.6) is 0 Å². The van der Waals surface area contributed by atoms with Gasteiger partial charge in [-0.2, -0.15) is 22.0 Å². The van der Waals surface area contributed by atoms with Crippen LogP contribution in [0.2, 0.25) is 0 Å². The molecule has 0 saturated heterocycles. The predicted molar refractivity (Wildman–Crippen MR) is 77.7 cm³/mol. The van der Waals surface area contributed by atoms with E-state index in [2.05, 4.69) is 9.97 Å². The van der Waals surface area contributed by atoms with Gasteiger partial charge in [0, 0.05) is 11.1 Å². The van der Waals surface area contributed by atoms with Crippen molar-refractivity contribution in [1.29, 1.82) is 0 Å². The fraction of sp³-hybridized carbons (Fsp3) is 0.125. The van der Waals surface area contributed by atoms with E-state index in [-0.39, 0.29) is 16.8 Å². The molecule has 1 N–H and O–H groups in total. The number of aromatic nitrogens is 2. The molecular formula is C16H9F5N2O. The van der Waals surface area contributed by atoms with E-state index < -0.39 is 23.2 Å². The number of alkyl halides is 5. The number of nitrogens with one attached hydrogen (secondary N) is 1. The number of hydrogen-bond acceptors (Lipinski definition) is 2. The third-order valence-corrected chi connectivity index (χ3v) is 3.47. The summed E-state index contributed by atoms with van der Waals surface area (Å²) < 4.78 is 64.5. The van der Waals surface area contributed by atoms with Gasteiger partial charge in [-0.25, -0.2) is 4.98 Å². The summed E-state index contributed by atoms with van der Waals surface area (Å²) in [5, 5.41) is 0.290. The van der Waals surface area contributed by atoms with E-state index in [4.69, 9.17) is 0 Å². The first-order valence-corrected chi connectivity index (χ1v) is 6.74. The number of rotatable bonds is 2. The summed E-state index contributed by atoms with van der Waals surface area (Å²) in [7, 11) is 0. The summed E-state index contributed by atoms with van der Waals surface area (Å²) in [6.45, 7) is 0. The molecule has 0 fully saturated rings. The van der Waals surface area contributed by atoms with E-state index in [1.165, 1.54) is 12.1 Å². The van der Waals surface area contributed by atoms with Crippen LogP contribution < -0.4 is 5.56 Å².